The van der Waals surface area contributed by atoms with Gasteiger partial charge >= 0.3 is 0 Å². The van der Waals surface area contributed by atoms with Gasteiger partial charge in [-0.3, -0.25) is 9.36 Å². The van der Waals surface area contributed by atoms with Crippen LogP contribution in [0.1, 0.15) is 271 Å². The molecule has 0 saturated carbocycles. The summed E-state index contributed by atoms with van der Waals surface area (Å²) in [5.74, 6) is -0.210. The lowest BCUT2D eigenvalue weighted by molar-refractivity contribution is -0.870. The molecule has 0 aromatic rings. The number of likely N-dealkylation sites (N-methyl/N-ethyl adjacent to an activating group) is 1. The summed E-state index contributed by atoms with van der Waals surface area (Å²) in [7, 11) is 1.24. The van der Waals surface area contributed by atoms with Crippen molar-refractivity contribution in [2.75, 3.05) is 40.9 Å². The smallest absolute Gasteiger partial charge is 0.268 e. The first-order valence-corrected chi connectivity index (χ1v) is 29.8. The first kappa shape index (κ1) is 64.7. The molecule has 0 aliphatic heterocycles. The molecule has 0 aromatic heterocycles. The summed E-state index contributed by atoms with van der Waals surface area (Å²) >= 11 is 0. The number of aliphatic hydroxyl groups excluding tert-OH is 1. The van der Waals surface area contributed by atoms with Crippen molar-refractivity contribution in [2.24, 2.45) is 0 Å². The zero-order valence-corrected chi connectivity index (χ0v) is 45.3. The van der Waals surface area contributed by atoms with E-state index in [1.807, 2.05) is 27.2 Å². The molecule has 0 fully saturated rings. The monoisotopic (exact) mass is 951 g/mol. The summed E-state index contributed by atoms with van der Waals surface area (Å²) in [5, 5.41) is 13.8. The molecule has 66 heavy (non-hydrogen) atoms. The van der Waals surface area contributed by atoms with E-state index >= 15 is 0 Å². The standard InChI is InChI=1S/C57H111N2O6P/c1-6-8-10-12-14-16-18-20-21-22-23-24-25-26-27-28-29-30-31-32-33-34-35-36-37-39-40-42-44-46-48-50-56(60)55(54-65-66(62,63)64-53-52-59(3,4)5)58-57(61)51-49-47-45-43-41-38-19-17-15-13-11-9-7-2/h35-36,40,42,48,50,55-56,60H,6-34,37-39,41,43-47,49,51-54H2,1-5H3,(H-,58,61,62,63)/b36-35+,42-40+,50-48+. The topological polar surface area (TPSA) is 108 Å². The zero-order chi connectivity index (χ0) is 48.5. The van der Waals surface area contributed by atoms with Crippen molar-refractivity contribution in [3.63, 3.8) is 0 Å². The van der Waals surface area contributed by atoms with E-state index in [0.29, 0.717) is 17.4 Å². The van der Waals surface area contributed by atoms with Crippen molar-refractivity contribution in [3.8, 4) is 0 Å². The molecule has 0 aromatic carbocycles. The maximum absolute atomic E-state index is 12.9. The summed E-state index contributed by atoms with van der Waals surface area (Å²) in [6.45, 7) is 4.64. The Bertz CT molecular complexity index is 1170. The van der Waals surface area contributed by atoms with Crippen molar-refractivity contribution < 1.29 is 32.9 Å². The number of allylic oxidation sites excluding steroid dienone is 5. The quantitative estimate of drug-likeness (QED) is 0.0272. The first-order valence-electron chi connectivity index (χ1n) is 28.4. The van der Waals surface area contributed by atoms with E-state index < -0.39 is 26.6 Å². The van der Waals surface area contributed by atoms with Crippen molar-refractivity contribution in [2.45, 2.75) is 283 Å². The van der Waals surface area contributed by atoms with Crippen LogP contribution in [0.25, 0.3) is 0 Å². The summed E-state index contributed by atoms with van der Waals surface area (Å²) < 4.78 is 23.3. The van der Waals surface area contributed by atoms with Gasteiger partial charge in [0.25, 0.3) is 7.82 Å². The number of aliphatic hydroxyl groups is 1. The Morgan fingerprint density at radius 1 is 0.515 bits per heavy atom. The fourth-order valence-electron chi connectivity index (χ4n) is 8.36. The van der Waals surface area contributed by atoms with Crippen molar-refractivity contribution in [1.29, 1.82) is 0 Å². The Kier molecular flexibility index (Phi) is 47.8. The molecule has 8 nitrogen and oxygen atoms in total. The molecular formula is C57H111N2O6P. The number of amides is 1. The number of hydrogen-bond donors (Lipinski definition) is 2. The number of quaternary nitrogens is 1. The predicted molar refractivity (Wildman–Crippen MR) is 284 cm³/mol. The highest BCUT2D eigenvalue weighted by Gasteiger charge is 2.23. The van der Waals surface area contributed by atoms with Gasteiger partial charge in [-0.15, -0.1) is 0 Å². The molecular weight excluding hydrogens is 840 g/mol. The number of nitrogens with one attached hydrogen (secondary N) is 1. The van der Waals surface area contributed by atoms with E-state index in [1.165, 1.54) is 205 Å². The number of phosphoric acid groups is 1. The molecule has 2 N–H and O–H groups in total. The second-order valence-electron chi connectivity index (χ2n) is 20.6. The highest BCUT2D eigenvalue weighted by molar-refractivity contribution is 7.45. The van der Waals surface area contributed by atoms with Gasteiger partial charge in [-0.2, -0.15) is 0 Å². The molecule has 3 atom stereocenters. The molecule has 3 unspecified atom stereocenters. The molecule has 0 aliphatic carbocycles. The van der Waals surface area contributed by atoms with Gasteiger partial charge in [0.2, 0.25) is 5.91 Å². The normalized spacial score (nSPS) is 14.2. The number of phosphoric ester groups is 1. The first-order chi connectivity index (χ1) is 32.0. The number of carbonyl (C=O) groups is 1. The fourth-order valence-corrected chi connectivity index (χ4v) is 9.09. The Balaban J connectivity index is 4.17. The Labute approximate surface area is 410 Å². The van der Waals surface area contributed by atoms with Crippen LogP contribution in [-0.2, 0) is 18.4 Å². The number of nitrogens with zero attached hydrogens (tertiary/aromatic N) is 1. The van der Waals surface area contributed by atoms with Gasteiger partial charge < -0.3 is 28.8 Å². The van der Waals surface area contributed by atoms with E-state index in [1.54, 1.807) is 6.08 Å². The fraction of sp³-hybridized carbons (Fsp3) is 0.877. The van der Waals surface area contributed by atoms with Crippen molar-refractivity contribution >= 4 is 13.7 Å². The lowest BCUT2D eigenvalue weighted by atomic mass is 10.0. The van der Waals surface area contributed by atoms with Gasteiger partial charge in [0.05, 0.1) is 39.9 Å². The zero-order valence-electron chi connectivity index (χ0n) is 44.4. The minimum absolute atomic E-state index is 0.00764. The maximum Gasteiger partial charge on any atom is 0.268 e. The number of carbonyl (C=O) groups excluding carboxylic acids is 1. The Morgan fingerprint density at radius 2 is 0.848 bits per heavy atom. The molecule has 390 valence electrons. The minimum atomic E-state index is -4.60. The molecule has 0 rings (SSSR count). The second kappa shape index (κ2) is 48.7. The summed E-state index contributed by atoms with van der Waals surface area (Å²) in [4.78, 5) is 25.4. The number of rotatable bonds is 52. The number of unbranched alkanes of at least 4 members (excludes halogenated alkanes) is 35. The predicted octanol–water partition coefficient (Wildman–Crippen LogP) is 16.4. The highest BCUT2D eigenvalue weighted by Crippen LogP contribution is 2.38. The van der Waals surface area contributed by atoms with Gasteiger partial charge in [-0.1, -0.05) is 256 Å². The molecule has 0 radical (unpaired) electrons. The van der Waals surface area contributed by atoms with Gasteiger partial charge in [0.15, 0.2) is 0 Å². The van der Waals surface area contributed by atoms with E-state index in [-0.39, 0.29) is 12.5 Å². The summed E-state index contributed by atoms with van der Waals surface area (Å²) in [5.41, 5.74) is 0. The van der Waals surface area contributed by atoms with Crippen LogP contribution in [0.5, 0.6) is 0 Å². The minimum Gasteiger partial charge on any atom is -0.756 e. The van der Waals surface area contributed by atoms with Gasteiger partial charge in [-0.25, -0.2) is 0 Å². The molecule has 0 aliphatic rings. The Hall–Kier alpha value is -1.28. The lowest BCUT2D eigenvalue weighted by Gasteiger charge is -2.29. The largest absolute Gasteiger partial charge is 0.756 e. The van der Waals surface area contributed by atoms with E-state index in [0.717, 1.165) is 44.9 Å². The number of hydrogen-bond acceptors (Lipinski definition) is 6. The van der Waals surface area contributed by atoms with E-state index in [2.05, 4.69) is 43.5 Å². The Morgan fingerprint density at radius 3 is 1.23 bits per heavy atom. The van der Waals surface area contributed by atoms with Crippen LogP contribution in [0.4, 0.5) is 0 Å². The van der Waals surface area contributed by atoms with Crippen LogP contribution < -0.4 is 10.2 Å². The van der Waals surface area contributed by atoms with Gasteiger partial charge in [-0.05, 0) is 44.9 Å². The van der Waals surface area contributed by atoms with Gasteiger partial charge in [0, 0.05) is 6.42 Å². The molecule has 0 heterocycles. The highest BCUT2D eigenvalue weighted by atomic mass is 31.2. The van der Waals surface area contributed by atoms with Crippen LogP contribution in [-0.4, -0.2) is 68.5 Å². The molecule has 0 spiro atoms. The third-order valence-corrected chi connectivity index (χ3v) is 13.8. The lowest BCUT2D eigenvalue weighted by Crippen LogP contribution is -2.45. The van der Waals surface area contributed by atoms with Gasteiger partial charge in [0.1, 0.15) is 13.2 Å². The van der Waals surface area contributed by atoms with Crippen LogP contribution in [0, 0.1) is 0 Å². The molecule has 0 bridgehead atoms. The maximum atomic E-state index is 12.9. The van der Waals surface area contributed by atoms with E-state index in [9.17, 15) is 19.4 Å². The molecule has 9 heteroatoms. The summed E-state index contributed by atoms with van der Waals surface area (Å²) in [6, 6.07) is -0.907. The average molecular weight is 951 g/mol. The van der Waals surface area contributed by atoms with Crippen LogP contribution >= 0.6 is 7.82 Å². The van der Waals surface area contributed by atoms with Crippen LogP contribution in [0.15, 0.2) is 36.5 Å². The van der Waals surface area contributed by atoms with Crippen LogP contribution in [0.2, 0.25) is 0 Å². The van der Waals surface area contributed by atoms with E-state index in [4.69, 9.17) is 9.05 Å². The third-order valence-electron chi connectivity index (χ3n) is 12.8. The van der Waals surface area contributed by atoms with Crippen LogP contribution in [0.3, 0.4) is 0 Å². The van der Waals surface area contributed by atoms with Crippen molar-refractivity contribution in [1.82, 2.24) is 5.32 Å². The molecule has 0 saturated heterocycles. The van der Waals surface area contributed by atoms with Crippen molar-refractivity contribution in [3.05, 3.63) is 36.5 Å². The third kappa shape index (κ3) is 50.6. The SMILES string of the molecule is CCCCCCCCCCCCCCCCCCCCCCC/C=C/CC/C=C/CC/C=C/C(O)C(COP(=O)([O-])OCC[N+](C)(C)C)NC(=O)CCCCCCCCCCCCCCC. The molecule has 1 amide bonds. The second-order valence-corrected chi connectivity index (χ2v) is 22.0. The average Bonchev–Trinajstić information content (AvgIpc) is 3.28. The summed E-state index contributed by atoms with van der Waals surface area (Å²) in [6.07, 6.45) is 62.4.